The predicted octanol–water partition coefficient (Wildman–Crippen LogP) is 3.59. The lowest BCUT2D eigenvalue weighted by Gasteiger charge is -2.37. The molecule has 0 radical (unpaired) electrons. The fraction of sp³-hybridized carbons (Fsp3) is 0.333. The van der Waals surface area contributed by atoms with Gasteiger partial charge in [0.05, 0.1) is 22.6 Å². The molecule has 6 rings (SSSR count). The Bertz CT molecular complexity index is 1580. The maximum atomic E-state index is 15.6. The maximum Gasteiger partial charge on any atom is 0.261 e. The zero-order valence-electron chi connectivity index (χ0n) is 20.5. The number of likely N-dealkylation sites (N-methyl/N-ethyl adjacent to an activating group) is 1. The Hall–Kier alpha value is -3.85. The van der Waals surface area contributed by atoms with Gasteiger partial charge in [-0.25, -0.2) is 4.39 Å². The molecule has 0 unspecified atom stereocenters. The molecule has 1 saturated heterocycles. The van der Waals surface area contributed by atoms with Crippen molar-refractivity contribution in [2.45, 2.75) is 13.0 Å². The highest BCUT2D eigenvalue weighted by Gasteiger charge is 2.31. The van der Waals surface area contributed by atoms with Gasteiger partial charge in [0, 0.05) is 56.5 Å². The molecule has 4 heterocycles. The van der Waals surface area contributed by atoms with Crippen molar-refractivity contribution in [1.29, 1.82) is 0 Å². The fourth-order valence-electron chi connectivity index (χ4n) is 5.30. The molecule has 2 aromatic carbocycles. The van der Waals surface area contributed by atoms with E-state index in [9.17, 15) is 9.59 Å². The standard InChI is InChI=1S/C27H28FN5O3/c1-16-15-36-26-23-18(13-20(28)24(26)32-11-9-30(2)10-12-32)25(34)19(14-33(16)23)27(35)29-21-5-4-6-22-17(21)7-8-31(22)3/h4-8,13-14,16H,9-12,15H2,1-3H3,(H,29,35)/t16-/m0/s1. The molecule has 9 heteroatoms. The Labute approximate surface area is 207 Å². The minimum Gasteiger partial charge on any atom is -0.487 e. The van der Waals surface area contributed by atoms with Crippen LogP contribution in [0, 0.1) is 5.82 Å². The summed E-state index contributed by atoms with van der Waals surface area (Å²) in [7, 11) is 3.97. The highest BCUT2D eigenvalue weighted by Crippen LogP contribution is 2.42. The van der Waals surface area contributed by atoms with Crippen molar-refractivity contribution in [3.8, 4) is 5.75 Å². The zero-order valence-corrected chi connectivity index (χ0v) is 20.5. The Balaban J connectivity index is 1.47. The lowest BCUT2D eigenvalue weighted by molar-refractivity contribution is 0.102. The van der Waals surface area contributed by atoms with Crippen LogP contribution in [-0.4, -0.2) is 59.8 Å². The Morgan fingerprint density at radius 2 is 1.89 bits per heavy atom. The van der Waals surface area contributed by atoms with Gasteiger partial charge in [-0.2, -0.15) is 0 Å². The first-order valence-corrected chi connectivity index (χ1v) is 12.2. The number of nitrogens with one attached hydrogen (secondary N) is 1. The first kappa shape index (κ1) is 22.6. The largest absolute Gasteiger partial charge is 0.487 e. The van der Waals surface area contributed by atoms with E-state index in [1.807, 2.05) is 59.4 Å². The number of benzene rings is 2. The van der Waals surface area contributed by atoms with Crippen molar-refractivity contribution in [3.63, 3.8) is 0 Å². The van der Waals surface area contributed by atoms with Crippen molar-refractivity contribution < 1.29 is 13.9 Å². The van der Waals surface area contributed by atoms with Gasteiger partial charge >= 0.3 is 0 Å². The number of hydrogen-bond acceptors (Lipinski definition) is 5. The molecule has 1 N–H and O–H groups in total. The molecular weight excluding hydrogens is 461 g/mol. The average Bonchev–Trinajstić information content (AvgIpc) is 3.25. The molecule has 2 aliphatic heterocycles. The van der Waals surface area contributed by atoms with E-state index in [1.54, 1.807) is 12.3 Å². The number of nitrogens with zero attached hydrogens (tertiary/aromatic N) is 4. The summed E-state index contributed by atoms with van der Waals surface area (Å²) >= 11 is 0. The minimum absolute atomic E-state index is 0.0260. The molecule has 1 atom stereocenters. The van der Waals surface area contributed by atoms with Crippen LogP contribution in [0.5, 0.6) is 5.75 Å². The molecule has 4 aromatic rings. The first-order valence-electron chi connectivity index (χ1n) is 12.2. The number of piperazine rings is 1. The van der Waals surface area contributed by atoms with Gasteiger partial charge in [0.1, 0.15) is 17.9 Å². The minimum atomic E-state index is -0.522. The molecular formula is C27H28FN5O3. The monoisotopic (exact) mass is 489 g/mol. The van der Waals surface area contributed by atoms with E-state index in [2.05, 4.69) is 10.2 Å². The van der Waals surface area contributed by atoms with Crippen molar-refractivity contribution in [1.82, 2.24) is 14.0 Å². The van der Waals surface area contributed by atoms with Crippen LogP contribution in [0.4, 0.5) is 15.8 Å². The molecule has 36 heavy (non-hydrogen) atoms. The van der Waals surface area contributed by atoms with Crippen molar-refractivity contribution in [2.24, 2.45) is 7.05 Å². The SMILES string of the molecule is C[C@H]1COc2c(N3CCN(C)CC3)c(F)cc3c(=O)c(C(=O)Nc4cccc5c4ccn5C)cn1c23. The molecule has 2 aromatic heterocycles. The number of amides is 1. The second-order valence-electron chi connectivity index (χ2n) is 9.78. The van der Waals surface area contributed by atoms with Gasteiger partial charge in [0.25, 0.3) is 5.91 Å². The smallest absolute Gasteiger partial charge is 0.261 e. The summed E-state index contributed by atoms with van der Waals surface area (Å²) in [5.41, 5.74) is 1.97. The zero-order chi connectivity index (χ0) is 25.1. The normalized spacial score (nSPS) is 18.0. The quantitative estimate of drug-likeness (QED) is 0.476. The number of rotatable bonds is 3. The van der Waals surface area contributed by atoms with Gasteiger partial charge in [-0.1, -0.05) is 6.07 Å². The van der Waals surface area contributed by atoms with E-state index in [0.29, 0.717) is 42.3 Å². The summed E-state index contributed by atoms with van der Waals surface area (Å²) in [6.45, 7) is 5.24. The summed E-state index contributed by atoms with van der Waals surface area (Å²) < 4.78 is 25.4. The average molecular weight is 490 g/mol. The molecule has 186 valence electrons. The van der Waals surface area contributed by atoms with E-state index >= 15 is 4.39 Å². The highest BCUT2D eigenvalue weighted by atomic mass is 19.1. The second-order valence-corrected chi connectivity index (χ2v) is 9.78. The lowest BCUT2D eigenvalue weighted by Crippen LogP contribution is -2.45. The van der Waals surface area contributed by atoms with Crippen LogP contribution in [0.15, 0.2) is 47.5 Å². The van der Waals surface area contributed by atoms with Crippen LogP contribution in [0.1, 0.15) is 23.3 Å². The molecule has 1 amide bonds. The summed E-state index contributed by atoms with van der Waals surface area (Å²) in [6, 6.07) is 8.68. The predicted molar refractivity (Wildman–Crippen MR) is 139 cm³/mol. The van der Waals surface area contributed by atoms with E-state index in [0.717, 1.165) is 24.0 Å². The number of aromatic nitrogens is 2. The van der Waals surface area contributed by atoms with E-state index in [4.69, 9.17) is 4.74 Å². The van der Waals surface area contributed by atoms with Crippen LogP contribution in [0.25, 0.3) is 21.8 Å². The van der Waals surface area contributed by atoms with E-state index in [1.165, 1.54) is 6.07 Å². The Kier molecular flexibility index (Phi) is 5.26. The topological polar surface area (TPSA) is 71.7 Å². The third-order valence-electron chi connectivity index (χ3n) is 7.38. The Morgan fingerprint density at radius 1 is 1.11 bits per heavy atom. The molecule has 2 aliphatic rings. The van der Waals surface area contributed by atoms with E-state index in [-0.39, 0.29) is 17.0 Å². The number of ether oxygens (including phenoxy) is 1. The van der Waals surface area contributed by atoms with E-state index < -0.39 is 17.2 Å². The maximum absolute atomic E-state index is 15.6. The number of hydrogen-bond donors (Lipinski definition) is 1. The third kappa shape index (κ3) is 3.45. The number of carbonyl (C=O) groups excluding carboxylic acids is 1. The summed E-state index contributed by atoms with van der Waals surface area (Å²) in [5, 5.41) is 3.92. The van der Waals surface area contributed by atoms with Crippen LogP contribution < -0.4 is 20.4 Å². The van der Waals surface area contributed by atoms with Crippen molar-refractivity contribution in [2.75, 3.05) is 50.1 Å². The number of pyridine rings is 1. The van der Waals surface area contributed by atoms with Crippen LogP contribution in [0.3, 0.4) is 0 Å². The third-order valence-corrected chi connectivity index (χ3v) is 7.38. The fourth-order valence-corrected chi connectivity index (χ4v) is 5.30. The van der Waals surface area contributed by atoms with Gasteiger partial charge in [0.2, 0.25) is 5.43 Å². The molecule has 0 spiro atoms. The lowest BCUT2D eigenvalue weighted by atomic mass is 10.0. The second kappa shape index (κ2) is 8.37. The molecule has 1 fully saturated rings. The molecule has 0 saturated carbocycles. The van der Waals surface area contributed by atoms with Gasteiger partial charge in [-0.15, -0.1) is 0 Å². The van der Waals surface area contributed by atoms with Gasteiger partial charge in [-0.05, 0) is 38.2 Å². The van der Waals surface area contributed by atoms with Crippen LogP contribution in [-0.2, 0) is 7.05 Å². The molecule has 8 nitrogen and oxygen atoms in total. The number of halogens is 1. The number of fused-ring (bicyclic) bond motifs is 1. The first-order chi connectivity index (χ1) is 17.3. The Morgan fingerprint density at radius 3 is 2.67 bits per heavy atom. The van der Waals surface area contributed by atoms with Gasteiger partial charge in [-0.3, -0.25) is 9.59 Å². The number of aryl methyl sites for hydroxylation is 1. The van der Waals surface area contributed by atoms with Crippen LogP contribution >= 0.6 is 0 Å². The van der Waals surface area contributed by atoms with Gasteiger partial charge < -0.3 is 29.0 Å². The summed E-state index contributed by atoms with van der Waals surface area (Å²) in [5.74, 6) is -0.650. The highest BCUT2D eigenvalue weighted by molar-refractivity contribution is 6.10. The number of carbonyl (C=O) groups is 1. The molecule has 0 bridgehead atoms. The van der Waals surface area contributed by atoms with Crippen LogP contribution in [0.2, 0.25) is 0 Å². The summed E-state index contributed by atoms with van der Waals surface area (Å²) in [6.07, 6.45) is 3.51. The number of anilines is 2. The van der Waals surface area contributed by atoms with Crippen molar-refractivity contribution in [3.05, 3.63) is 64.3 Å². The molecule has 0 aliphatic carbocycles. The van der Waals surface area contributed by atoms with Crippen molar-refractivity contribution >= 4 is 39.1 Å². The summed E-state index contributed by atoms with van der Waals surface area (Å²) in [4.78, 5) is 31.1. The van der Waals surface area contributed by atoms with Gasteiger partial charge in [0.15, 0.2) is 11.6 Å².